The van der Waals surface area contributed by atoms with Gasteiger partial charge in [-0.15, -0.1) is 0 Å². The van der Waals surface area contributed by atoms with Crippen molar-refractivity contribution in [1.29, 1.82) is 0 Å². The van der Waals surface area contributed by atoms with Gasteiger partial charge in [-0.3, -0.25) is 0 Å². The lowest BCUT2D eigenvalue weighted by atomic mass is 10.2. The van der Waals surface area contributed by atoms with Crippen molar-refractivity contribution in [2.75, 3.05) is 20.2 Å². The molecule has 0 heterocycles. The Labute approximate surface area is 78.7 Å². The molecule has 0 fully saturated rings. The van der Waals surface area contributed by atoms with Gasteiger partial charge in [-0.25, -0.2) is 8.78 Å². The van der Waals surface area contributed by atoms with Crippen LogP contribution in [0.3, 0.4) is 0 Å². The number of ether oxygens (including phenoxy) is 1. The van der Waals surface area contributed by atoms with Crippen LogP contribution in [-0.4, -0.2) is 32.2 Å². The second-order valence-corrected chi connectivity index (χ2v) is 3.14. The summed E-state index contributed by atoms with van der Waals surface area (Å²) in [5.41, 5.74) is 0. The first-order chi connectivity index (χ1) is 6.05. The average Bonchev–Trinajstić information content (AvgIpc) is 2.06. The van der Waals surface area contributed by atoms with Crippen LogP contribution >= 0.6 is 0 Å². The minimum Gasteiger partial charge on any atom is -0.372 e. The van der Waals surface area contributed by atoms with Gasteiger partial charge in [-0.05, 0) is 19.9 Å². The molecule has 1 N–H and O–H groups in total. The molecule has 0 aromatic rings. The molecule has 80 valence electrons. The summed E-state index contributed by atoms with van der Waals surface area (Å²) < 4.78 is 30.8. The molecule has 0 atom stereocenters. The van der Waals surface area contributed by atoms with Crippen LogP contribution in [0, 0.1) is 0 Å². The summed E-state index contributed by atoms with van der Waals surface area (Å²) in [6, 6.07) is 0. The van der Waals surface area contributed by atoms with Crippen LogP contribution in [-0.2, 0) is 4.74 Å². The number of hydrogen-bond acceptors (Lipinski definition) is 2. The smallest absolute Gasteiger partial charge is 0.283 e. The predicted molar refractivity (Wildman–Crippen MR) is 49.2 cm³/mol. The first-order valence-corrected chi connectivity index (χ1v) is 4.69. The summed E-state index contributed by atoms with van der Waals surface area (Å²) in [5.74, 6) is -2.75. The van der Waals surface area contributed by atoms with Crippen molar-refractivity contribution in [3.63, 3.8) is 0 Å². The third-order valence-electron chi connectivity index (χ3n) is 1.88. The van der Waals surface area contributed by atoms with E-state index in [2.05, 4.69) is 5.32 Å². The average molecular weight is 195 g/mol. The molecule has 0 rings (SSSR count). The van der Waals surface area contributed by atoms with E-state index < -0.39 is 12.5 Å². The zero-order valence-corrected chi connectivity index (χ0v) is 8.57. The van der Waals surface area contributed by atoms with Crippen molar-refractivity contribution in [3.8, 4) is 0 Å². The SMILES string of the molecule is CCC(CC)OCC(F)(F)CNC. The fraction of sp³-hybridized carbons (Fsp3) is 1.00. The van der Waals surface area contributed by atoms with Crippen LogP contribution in [0.25, 0.3) is 0 Å². The quantitative estimate of drug-likeness (QED) is 0.671. The summed E-state index contributed by atoms with van der Waals surface area (Å²) in [6.07, 6.45) is 1.53. The normalized spacial score (nSPS) is 12.5. The van der Waals surface area contributed by atoms with E-state index in [9.17, 15) is 8.78 Å². The van der Waals surface area contributed by atoms with Crippen molar-refractivity contribution in [1.82, 2.24) is 5.32 Å². The van der Waals surface area contributed by atoms with E-state index in [0.717, 1.165) is 12.8 Å². The topological polar surface area (TPSA) is 21.3 Å². The lowest BCUT2D eigenvalue weighted by Gasteiger charge is -2.20. The Morgan fingerprint density at radius 2 is 1.85 bits per heavy atom. The van der Waals surface area contributed by atoms with Gasteiger partial charge in [0, 0.05) is 0 Å². The van der Waals surface area contributed by atoms with Crippen LogP contribution in [0.4, 0.5) is 8.78 Å². The van der Waals surface area contributed by atoms with Crippen LogP contribution in [0.15, 0.2) is 0 Å². The third-order valence-corrected chi connectivity index (χ3v) is 1.88. The van der Waals surface area contributed by atoms with Gasteiger partial charge < -0.3 is 10.1 Å². The lowest BCUT2D eigenvalue weighted by Crippen LogP contribution is -2.36. The molecule has 13 heavy (non-hydrogen) atoms. The van der Waals surface area contributed by atoms with E-state index in [1.54, 1.807) is 0 Å². The standard InChI is InChI=1S/C9H19F2NO/c1-4-8(5-2)13-7-9(10,11)6-12-3/h8,12H,4-7H2,1-3H3. The first-order valence-electron chi connectivity index (χ1n) is 4.69. The van der Waals surface area contributed by atoms with Gasteiger partial charge in [0.05, 0.1) is 12.6 Å². The second kappa shape index (κ2) is 6.27. The zero-order chi connectivity index (χ0) is 10.3. The Bertz CT molecular complexity index is 127. The van der Waals surface area contributed by atoms with Gasteiger partial charge in [0.2, 0.25) is 0 Å². The maximum absolute atomic E-state index is 12.9. The molecule has 0 saturated heterocycles. The van der Waals surface area contributed by atoms with E-state index in [1.165, 1.54) is 7.05 Å². The molecule has 0 spiro atoms. The molecule has 0 bridgehead atoms. The minimum atomic E-state index is -2.75. The number of alkyl halides is 2. The van der Waals surface area contributed by atoms with Gasteiger partial charge in [0.15, 0.2) is 0 Å². The number of hydrogen-bond donors (Lipinski definition) is 1. The molecule has 4 heteroatoms. The lowest BCUT2D eigenvalue weighted by molar-refractivity contribution is -0.0973. The molecule has 0 amide bonds. The molecule has 0 saturated carbocycles. The molecule has 0 aliphatic rings. The van der Waals surface area contributed by atoms with Gasteiger partial charge >= 0.3 is 0 Å². The summed E-state index contributed by atoms with van der Waals surface area (Å²) in [7, 11) is 1.50. The fourth-order valence-electron chi connectivity index (χ4n) is 1.07. The van der Waals surface area contributed by atoms with Crippen LogP contribution in [0.1, 0.15) is 26.7 Å². The first kappa shape index (κ1) is 12.8. The third kappa shape index (κ3) is 5.93. The Balaban J connectivity index is 3.71. The number of nitrogens with one attached hydrogen (secondary N) is 1. The van der Waals surface area contributed by atoms with E-state index in [-0.39, 0.29) is 12.6 Å². The van der Waals surface area contributed by atoms with E-state index >= 15 is 0 Å². The maximum Gasteiger partial charge on any atom is 0.283 e. The van der Waals surface area contributed by atoms with Crippen LogP contribution < -0.4 is 5.32 Å². The Morgan fingerprint density at radius 1 is 1.31 bits per heavy atom. The Hall–Kier alpha value is -0.220. The summed E-state index contributed by atoms with van der Waals surface area (Å²) in [4.78, 5) is 0. The van der Waals surface area contributed by atoms with Gasteiger partial charge in [-0.2, -0.15) is 0 Å². The van der Waals surface area contributed by atoms with Crippen molar-refractivity contribution >= 4 is 0 Å². The van der Waals surface area contributed by atoms with E-state index in [4.69, 9.17) is 4.74 Å². The molecular formula is C9H19F2NO. The second-order valence-electron chi connectivity index (χ2n) is 3.14. The monoisotopic (exact) mass is 195 g/mol. The number of rotatable bonds is 7. The molecule has 0 aliphatic carbocycles. The van der Waals surface area contributed by atoms with Gasteiger partial charge in [0.1, 0.15) is 6.61 Å². The van der Waals surface area contributed by atoms with Crippen molar-refractivity contribution in [2.24, 2.45) is 0 Å². The largest absolute Gasteiger partial charge is 0.372 e. The highest BCUT2D eigenvalue weighted by atomic mass is 19.3. The molecular weight excluding hydrogens is 176 g/mol. The van der Waals surface area contributed by atoms with Gasteiger partial charge in [0.25, 0.3) is 5.92 Å². The molecule has 0 aliphatic heterocycles. The van der Waals surface area contributed by atoms with E-state index in [0.29, 0.717) is 0 Å². The fourth-order valence-corrected chi connectivity index (χ4v) is 1.07. The Kier molecular flexibility index (Phi) is 6.16. The van der Waals surface area contributed by atoms with E-state index in [1.807, 2.05) is 13.8 Å². The van der Waals surface area contributed by atoms with Crippen LogP contribution in [0.5, 0.6) is 0 Å². The highest BCUT2D eigenvalue weighted by Gasteiger charge is 2.28. The van der Waals surface area contributed by atoms with Crippen molar-refractivity contribution < 1.29 is 13.5 Å². The zero-order valence-electron chi connectivity index (χ0n) is 8.57. The molecule has 0 unspecified atom stereocenters. The van der Waals surface area contributed by atoms with Crippen LogP contribution in [0.2, 0.25) is 0 Å². The molecule has 2 nitrogen and oxygen atoms in total. The molecule has 0 radical (unpaired) electrons. The summed E-state index contributed by atoms with van der Waals surface area (Å²) in [6.45, 7) is 3.06. The minimum absolute atomic E-state index is 0.0391. The maximum atomic E-state index is 12.9. The molecule has 0 aromatic heterocycles. The van der Waals surface area contributed by atoms with Gasteiger partial charge in [-0.1, -0.05) is 13.8 Å². The number of halogens is 2. The highest BCUT2D eigenvalue weighted by molar-refractivity contribution is 4.68. The highest BCUT2D eigenvalue weighted by Crippen LogP contribution is 2.14. The van der Waals surface area contributed by atoms with Crippen molar-refractivity contribution in [3.05, 3.63) is 0 Å². The summed E-state index contributed by atoms with van der Waals surface area (Å²) in [5, 5.41) is 2.44. The molecule has 0 aromatic carbocycles. The summed E-state index contributed by atoms with van der Waals surface area (Å²) >= 11 is 0. The van der Waals surface area contributed by atoms with Crippen molar-refractivity contribution in [2.45, 2.75) is 38.7 Å². The predicted octanol–water partition coefficient (Wildman–Crippen LogP) is 2.05. The Morgan fingerprint density at radius 3 is 2.23 bits per heavy atom.